The van der Waals surface area contributed by atoms with Gasteiger partial charge in [0.1, 0.15) is 41.5 Å². The van der Waals surface area contributed by atoms with E-state index in [9.17, 15) is 25.5 Å². The maximum absolute atomic E-state index is 11.4. The van der Waals surface area contributed by atoms with Crippen LogP contribution in [-0.2, 0) is 0 Å². The van der Waals surface area contributed by atoms with Gasteiger partial charge in [-0.15, -0.1) is 0 Å². The third kappa shape index (κ3) is 5.21. The zero-order valence-corrected chi connectivity index (χ0v) is 30.2. The van der Waals surface area contributed by atoms with Crippen molar-refractivity contribution in [2.75, 3.05) is 6.61 Å². The Hall–Kier alpha value is -7.31. The highest BCUT2D eigenvalue weighted by atomic mass is 16.4. The molecule has 10 aromatic rings. The first-order valence-corrected chi connectivity index (χ1v) is 18.3. The average molecular weight is 752 g/mol. The number of hydrogen-bond donors (Lipinski definition) is 5. The molecule has 57 heavy (non-hydrogen) atoms. The average Bonchev–Trinajstić information content (AvgIpc) is 3.91. The lowest BCUT2D eigenvalue weighted by atomic mass is 10.0. The van der Waals surface area contributed by atoms with Crippen molar-refractivity contribution in [2.24, 2.45) is 0 Å². The number of hydrogen-bond acceptors (Lipinski definition) is 9. The summed E-state index contributed by atoms with van der Waals surface area (Å²) in [6, 6.07) is 43.7. The van der Waals surface area contributed by atoms with Crippen LogP contribution < -0.4 is 0 Å². The monoisotopic (exact) mass is 751 g/mol. The summed E-state index contributed by atoms with van der Waals surface area (Å²) in [4.78, 5) is 14.8. The van der Waals surface area contributed by atoms with Gasteiger partial charge in [-0.25, -0.2) is 4.98 Å². The van der Waals surface area contributed by atoms with E-state index in [-0.39, 0.29) is 17.6 Å². The Balaban J connectivity index is 1.34. The van der Waals surface area contributed by atoms with Crippen molar-refractivity contribution in [3.63, 3.8) is 0 Å². The molecule has 6 aromatic carbocycles. The number of aromatic nitrogens is 5. The first kappa shape index (κ1) is 34.2. The number of aliphatic hydroxyl groups excluding tert-OH is 5. The first-order chi connectivity index (χ1) is 27.8. The number of aliphatic hydroxyl groups is 5. The van der Waals surface area contributed by atoms with E-state index in [1.165, 1.54) is 0 Å². The van der Waals surface area contributed by atoms with E-state index in [2.05, 4.69) is 47.5 Å². The Morgan fingerprint density at radius 2 is 1.26 bits per heavy atom. The third-order valence-electron chi connectivity index (χ3n) is 10.6. The molecule has 0 spiro atoms. The molecular weight excluding hydrogens is 719 g/mol. The maximum Gasteiger partial charge on any atom is 0.238 e. The van der Waals surface area contributed by atoms with Gasteiger partial charge in [-0.2, -0.15) is 9.97 Å². The minimum absolute atomic E-state index is 0.125. The van der Waals surface area contributed by atoms with Crippen molar-refractivity contribution in [1.82, 2.24) is 24.1 Å². The topological polar surface area (TPSA) is 163 Å². The second-order valence-electron chi connectivity index (χ2n) is 13.9. The van der Waals surface area contributed by atoms with Crippen LogP contribution in [0.5, 0.6) is 0 Å². The Morgan fingerprint density at radius 1 is 0.596 bits per heavy atom. The minimum atomic E-state index is -1.98. The molecule has 11 heteroatoms. The van der Waals surface area contributed by atoms with E-state index >= 15 is 0 Å². The molecule has 4 heterocycles. The van der Waals surface area contributed by atoms with Gasteiger partial charge in [-0.3, -0.25) is 4.57 Å². The van der Waals surface area contributed by atoms with Gasteiger partial charge < -0.3 is 34.5 Å². The molecule has 0 amide bonds. The third-order valence-corrected chi connectivity index (χ3v) is 10.6. The minimum Gasteiger partial charge on any atom is -0.510 e. The smallest absolute Gasteiger partial charge is 0.238 e. The summed E-state index contributed by atoms with van der Waals surface area (Å²) in [6.07, 6.45) is -3.93. The molecule has 2 atom stereocenters. The summed E-state index contributed by atoms with van der Waals surface area (Å²) >= 11 is 0. The lowest BCUT2D eigenvalue weighted by Crippen LogP contribution is -2.31. The van der Waals surface area contributed by atoms with E-state index in [1.807, 2.05) is 102 Å². The molecule has 0 saturated carbocycles. The molecule has 0 saturated heterocycles. The fraction of sp³-hybridized carbons (Fsp3) is 0.0652. The summed E-state index contributed by atoms with van der Waals surface area (Å²) in [6.45, 7) is 2.44. The molecule has 0 bridgehead atoms. The van der Waals surface area contributed by atoms with Gasteiger partial charge in [0.25, 0.3) is 0 Å². The summed E-state index contributed by atoms with van der Waals surface area (Å²) in [7, 11) is 0. The molecule has 0 radical (unpaired) electrons. The Kier molecular flexibility index (Phi) is 7.90. The number of nitrogens with zero attached hydrogens (tertiary/aromatic N) is 5. The van der Waals surface area contributed by atoms with Gasteiger partial charge in [0.2, 0.25) is 5.95 Å². The second-order valence-corrected chi connectivity index (χ2v) is 13.9. The number of para-hydroxylation sites is 4. The van der Waals surface area contributed by atoms with Crippen molar-refractivity contribution in [3.05, 3.63) is 157 Å². The predicted octanol–water partition coefficient (Wildman–Crippen LogP) is 8.69. The van der Waals surface area contributed by atoms with Gasteiger partial charge in [0.15, 0.2) is 11.6 Å². The van der Waals surface area contributed by atoms with Crippen LogP contribution in [0.15, 0.2) is 156 Å². The zero-order valence-electron chi connectivity index (χ0n) is 30.2. The maximum atomic E-state index is 11.4. The molecule has 0 aliphatic heterocycles. The highest BCUT2D eigenvalue weighted by Crippen LogP contribution is 2.42. The number of benzene rings is 6. The quantitative estimate of drug-likeness (QED) is 0.0956. The SMILES string of the molecule is C=C(O)C(O)C(O)/C(=C(/O)CO)c1nc(-c2cccc3oc4ccccc4c23)nc(-n2c3ccccc3c3c2ccc2c4ccccc4n(-c4ccccc4)c23)n1. The van der Waals surface area contributed by atoms with Gasteiger partial charge in [0.05, 0.1) is 27.6 Å². The number of rotatable bonds is 8. The van der Waals surface area contributed by atoms with Crippen molar-refractivity contribution in [2.45, 2.75) is 12.2 Å². The summed E-state index contributed by atoms with van der Waals surface area (Å²) < 4.78 is 10.4. The highest BCUT2D eigenvalue weighted by Gasteiger charge is 2.31. The summed E-state index contributed by atoms with van der Waals surface area (Å²) in [5, 5.41) is 59.2. The fourth-order valence-electron chi connectivity index (χ4n) is 8.09. The molecule has 278 valence electrons. The molecule has 0 aliphatic carbocycles. The van der Waals surface area contributed by atoms with Crippen LogP contribution in [0, 0.1) is 0 Å². The molecule has 2 unspecified atom stereocenters. The fourth-order valence-corrected chi connectivity index (χ4v) is 8.09. The zero-order chi connectivity index (χ0) is 38.9. The molecule has 0 aliphatic rings. The summed E-state index contributed by atoms with van der Waals surface area (Å²) in [5.41, 5.74) is 5.95. The number of fused-ring (bicyclic) bond motifs is 10. The standard InChI is InChI=1S/C46H33N5O6/c1-25(53)42(55)43(56)40(35(54)24-52)45-47-44(31-17-11-21-37-38(31)30-16-7-10-20-36(30)57-37)48-46(49-45)51-33-19-9-6-15-29(33)39-34(51)23-22-28-27-14-5-8-18-32(27)50(41(28)39)26-12-3-2-4-13-26/h2-23,42-43,52-56H,1,24H2/b40-35-. The normalized spacial score (nSPS) is 13.6. The lowest BCUT2D eigenvalue weighted by molar-refractivity contribution is 0.0492. The van der Waals surface area contributed by atoms with Crippen molar-refractivity contribution < 1.29 is 29.9 Å². The van der Waals surface area contributed by atoms with Crippen LogP contribution in [0.1, 0.15) is 5.82 Å². The van der Waals surface area contributed by atoms with Crippen LogP contribution in [0.2, 0.25) is 0 Å². The van der Waals surface area contributed by atoms with E-state index in [1.54, 1.807) is 0 Å². The van der Waals surface area contributed by atoms with Crippen LogP contribution in [-0.4, -0.2) is 68.4 Å². The van der Waals surface area contributed by atoms with Crippen molar-refractivity contribution in [3.8, 4) is 23.0 Å². The molecule has 10 rings (SSSR count). The Labute approximate surface area is 323 Å². The lowest BCUT2D eigenvalue weighted by Gasteiger charge is -2.21. The largest absolute Gasteiger partial charge is 0.510 e. The van der Waals surface area contributed by atoms with E-state index in [4.69, 9.17) is 19.4 Å². The van der Waals surface area contributed by atoms with E-state index in [0.29, 0.717) is 16.7 Å². The van der Waals surface area contributed by atoms with Gasteiger partial charge in [-0.1, -0.05) is 97.6 Å². The van der Waals surface area contributed by atoms with Gasteiger partial charge in [0, 0.05) is 43.6 Å². The van der Waals surface area contributed by atoms with Gasteiger partial charge in [-0.05, 0) is 42.5 Å². The highest BCUT2D eigenvalue weighted by molar-refractivity contribution is 6.26. The van der Waals surface area contributed by atoms with E-state index < -0.39 is 35.9 Å². The Morgan fingerprint density at radius 3 is 2.02 bits per heavy atom. The molecule has 4 aromatic heterocycles. The van der Waals surface area contributed by atoms with Crippen LogP contribution >= 0.6 is 0 Å². The number of furan rings is 1. The van der Waals surface area contributed by atoms with E-state index in [0.717, 1.165) is 60.1 Å². The molecule has 11 nitrogen and oxygen atoms in total. The summed E-state index contributed by atoms with van der Waals surface area (Å²) in [5.74, 6) is -1.43. The first-order valence-electron chi connectivity index (χ1n) is 18.3. The van der Waals surface area contributed by atoms with Crippen LogP contribution in [0.25, 0.3) is 94.1 Å². The van der Waals surface area contributed by atoms with Crippen LogP contribution in [0.4, 0.5) is 0 Å². The molecular formula is C46H33N5O6. The molecule has 5 N–H and O–H groups in total. The van der Waals surface area contributed by atoms with Crippen LogP contribution in [0.3, 0.4) is 0 Å². The van der Waals surface area contributed by atoms with Gasteiger partial charge >= 0.3 is 0 Å². The second kappa shape index (κ2) is 13.2. The Bertz CT molecular complexity index is 3270. The predicted molar refractivity (Wildman–Crippen MR) is 222 cm³/mol. The van der Waals surface area contributed by atoms with Crippen molar-refractivity contribution >= 4 is 71.1 Å². The molecule has 0 fully saturated rings. The van der Waals surface area contributed by atoms with Crippen molar-refractivity contribution in [1.29, 1.82) is 0 Å².